The second-order valence-corrected chi connectivity index (χ2v) is 7.07. The quantitative estimate of drug-likeness (QED) is 0.629. The lowest BCUT2D eigenvalue weighted by atomic mass is 10.1. The molecular weight excluding hydrogens is 365 g/mol. The first-order chi connectivity index (χ1) is 13.5. The zero-order chi connectivity index (χ0) is 19.7. The van der Waals surface area contributed by atoms with Gasteiger partial charge in [-0.1, -0.05) is 12.1 Å². The van der Waals surface area contributed by atoms with Crippen molar-refractivity contribution >= 4 is 17.3 Å². The second-order valence-electron chi connectivity index (χ2n) is 7.07. The van der Waals surface area contributed by atoms with Crippen molar-refractivity contribution in [3.05, 3.63) is 69.5 Å². The Labute approximate surface area is 161 Å². The molecule has 0 spiro atoms. The first kappa shape index (κ1) is 18.4. The number of ether oxygens (including phenoxy) is 1. The Bertz CT molecular complexity index is 899. The molecule has 1 saturated heterocycles. The lowest BCUT2D eigenvalue weighted by Crippen LogP contribution is -2.42. The number of halogens is 1. The van der Waals surface area contributed by atoms with Crippen LogP contribution in [0.15, 0.2) is 42.5 Å². The van der Waals surface area contributed by atoms with Gasteiger partial charge in [0, 0.05) is 24.2 Å². The fourth-order valence-corrected chi connectivity index (χ4v) is 3.28. The number of carbonyl (C=O) groups excluding carboxylic acids is 1. The van der Waals surface area contributed by atoms with E-state index in [1.54, 1.807) is 29.2 Å². The molecule has 8 heteroatoms. The van der Waals surface area contributed by atoms with Gasteiger partial charge in [-0.2, -0.15) is 0 Å². The van der Waals surface area contributed by atoms with E-state index in [2.05, 4.69) is 5.32 Å². The molecule has 1 unspecified atom stereocenters. The monoisotopic (exact) mass is 385 g/mol. The Kier molecular flexibility index (Phi) is 4.95. The molecule has 0 radical (unpaired) electrons. The third-order valence-electron chi connectivity index (χ3n) is 4.97. The highest BCUT2D eigenvalue weighted by Gasteiger charge is 2.29. The van der Waals surface area contributed by atoms with Crippen molar-refractivity contribution in [3.63, 3.8) is 0 Å². The Morgan fingerprint density at radius 2 is 1.96 bits per heavy atom. The maximum atomic E-state index is 13.1. The number of nitro benzene ring substituents is 1. The summed E-state index contributed by atoms with van der Waals surface area (Å²) in [5, 5.41) is 14.6. The molecule has 1 amide bonds. The van der Waals surface area contributed by atoms with Crippen molar-refractivity contribution in [2.45, 2.75) is 25.0 Å². The van der Waals surface area contributed by atoms with E-state index in [4.69, 9.17) is 4.74 Å². The number of anilines is 1. The number of carbonyl (C=O) groups is 1. The fourth-order valence-electron chi connectivity index (χ4n) is 3.28. The Morgan fingerprint density at radius 1 is 1.21 bits per heavy atom. The van der Waals surface area contributed by atoms with E-state index < -0.39 is 4.92 Å². The highest BCUT2D eigenvalue weighted by Crippen LogP contribution is 2.32. The van der Waals surface area contributed by atoms with Gasteiger partial charge in [0.2, 0.25) is 0 Å². The molecule has 1 aliphatic heterocycles. The average Bonchev–Trinajstić information content (AvgIpc) is 3.52. The number of nitro groups is 1. The van der Waals surface area contributed by atoms with Gasteiger partial charge in [-0.3, -0.25) is 14.9 Å². The maximum Gasteiger partial charge on any atom is 0.293 e. The largest absolute Gasteiger partial charge is 0.377 e. The highest BCUT2D eigenvalue weighted by atomic mass is 19.1. The van der Waals surface area contributed by atoms with Gasteiger partial charge >= 0.3 is 0 Å². The second kappa shape index (κ2) is 7.55. The van der Waals surface area contributed by atoms with Crippen molar-refractivity contribution in [2.75, 3.05) is 25.0 Å². The highest BCUT2D eigenvalue weighted by molar-refractivity contribution is 5.96. The predicted molar refractivity (Wildman–Crippen MR) is 101 cm³/mol. The van der Waals surface area contributed by atoms with Crippen LogP contribution in [0.4, 0.5) is 15.8 Å². The molecule has 0 bridgehead atoms. The molecule has 4 rings (SSSR count). The zero-order valence-electron chi connectivity index (χ0n) is 15.1. The summed E-state index contributed by atoms with van der Waals surface area (Å²) in [6.45, 7) is 1.05. The van der Waals surface area contributed by atoms with Gasteiger partial charge in [0.05, 0.1) is 18.1 Å². The summed E-state index contributed by atoms with van der Waals surface area (Å²) >= 11 is 0. The summed E-state index contributed by atoms with van der Waals surface area (Å²) in [5.41, 5.74) is 1.40. The van der Waals surface area contributed by atoms with Crippen LogP contribution in [0.3, 0.4) is 0 Å². The van der Waals surface area contributed by atoms with E-state index in [9.17, 15) is 19.3 Å². The fraction of sp³-hybridized carbons (Fsp3) is 0.350. The molecule has 2 aromatic carbocycles. The van der Waals surface area contributed by atoms with Gasteiger partial charge in [0.1, 0.15) is 17.6 Å². The molecule has 28 heavy (non-hydrogen) atoms. The molecule has 2 aliphatic rings. The third-order valence-corrected chi connectivity index (χ3v) is 4.97. The van der Waals surface area contributed by atoms with E-state index >= 15 is 0 Å². The molecule has 1 N–H and O–H groups in total. The molecule has 2 fully saturated rings. The van der Waals surface area contributed by atoms with Crippen molar-refractivity contribution < 1.29 is 18.8 Å². The van der Waals surface area contributed by atoms with Crippen LogP contribution in [-0.2, 0) is 4.74 Å². The minimum absolute atomic E-state index is 0.0962. The molecule has 146 valence electrons. The van der Waals surface area contributed by atoms with Crippen molar-refractivity contribution in [3.8, 4) is 0 Å². The number of hydrogen-bond donors (Lipinski definition) is 1. The van der Waals surface area contributed by atoms with Gasteiger partial charge < -0.3 is 15.0 Å². The van der Waals surface area contributed by atoms with Crippen LogP contribution in [0.2, 0.25) is 0 Å². The minimum Gasteiger partial charge on any atom is -0.377 e. The van der Waals surface area contributed by atoms with Gasteiger partial charge in [-0.05, 0) is 42.7 Å². The predicted octanol–water partition coefficient (Wildman–Crippen LogP) is 3.52. The Balaban J connectivity index is 1.52. The molecule has 1 heterocycles. The van der Waals surface area contributed by atoms with E-state index in [1.807, 2.05) is 0 Å². The summed E-state index contributed by atoms with van der Waals surface area (Å²) in [6.07, 6.45) is 1.64. The Hall–Kier alpha value is -3.00. The molecule has 1 aliphatic carbocycles. The van der Waals surface area contributed by atoms with Crippen molar-refractivity contribution in [1.29, 1.82) is 0 Å². The van der Waals surface area contributed by atoms with Crippen LogP contribution in [0.25, 0.3) is 0 Å². The van der Waals surface area contributed by atoms with Crippen LogP contribution in [0.5, 0.6) is 0 Å². The number of nitrogens with one attached hydrogen (secondary N) is 1. The van der Waals surface area contributed by atoms with Gasteiger partial charge in [0.25, 0.3) is 11.6 Å². The number of hydrogen-bond acceptors (Lipinski definition) is 5. The van der Waals surface area contributed by atoms with Gasteiger partial charge in [-0.15, -0.1) is 0 Å². The average molecular weight is 385 g/mol. The summed E-state index contributed by atoms with van der Waals surface area (Å²) in [5.74, 6) is -0.615. The number of morpholine rings is 1. The lowest BCUT2D eigenvalue weighted by Gasteiger charge is -2.33. The normalized spacial score (nSPS) is 19.3. The first-order valence-corrected chi connectivity index (χ1v) is 9.22. The number of rotatable bonds is 5. The Morgan fingerprint density at radius 3 is 2.64 bits per heavy atom. The van der Waals surface area contributed by atoms with Crippen LogP contribution < -0.4 is 5.32 Å². The maximum absolute atomic E-state index is 13.1. The smallest absolute Gasteiger partial charge is 0.293 e. The van der Waals surface area contributed by atoms with Gasteiger partial charge in [0.15, 0.2) is 0 Å². The van der Waals surface area contributed by atoms with E-state index in [0.29, 0.717) is 25.4 Å². The molecule has 7 nitrogen and oxygen atoms in total. The van der Waals surface area contributed by atoms with E-state index in [-0.39, 0.29) is 35.1 Å². The van der Waals surface area contributed by atoms with Crippen molar-refractivity contribution in [2.24, 2.45) is 0 Å². The number of nitrogens with zero attached hydrogens (tertiary/aromatic N) is 2. The molecule has 2 aromatic rings. The number of benzene rings is 2. The first-order valence-electron chi connectivity index (χ1n) is 9.22. The summed E-state index contributed by atoms with van der Waals surface area (Å²) < 4.78 is 18.9. The molecule has 1 saturated carbocycles. The minimum atomic E-state index is -0.470. The summed E-state index contributed by atoms with van der Waals surface area (Å²) in [6, 6.07) is 10.8. The summed E-state index contributed by atoms with van der Waals surface area (Å²) in [4.78, 5) is 25.5. The van der Waals surface area contributed by atoms with Gasteiger partial charge in [-0.25, -0.2) is 4.39 Å². The molecular formula is C20H20FN3O4. The van der Waals surface area contributed by atoms with Crippen molar-refractivity contribution in [1.82, 2.24) is 4.90 Å². The SMILES string of the molecule is O=C(c1ccc(NC2CC2)c([N+](=O)[O-])c1)N1CCOC(c2ccc(F)cc2)C1. The zero-order valence-corrected chi connectivity index (χ0v) is 15.1. The van der Waals surface area contributed by atoms with Crippen LogP contribution >= 0.6 is 0 Å². The third kappa shape index (κ3) is 3.96. The van der Waals surface area contributed by atoms with Crippen LogP contribution in [-0.4, -0.2) is 41.5 Å². The van der Waals surface area contributed by atoms with E-state index in [1.165, 1.54) is 18.2 Å². The topological polar surface area (TPSA) is 84.7 Å². The van der Waals surface area contributed by atoms with Crippen LogP contribution in [0.1, 0.15) is 34.9 Å². The van der Waals surface area contributed by atoms with Crippen LogP contribution in [0, 0.1) is 15.9 Å². The molecule has 1 atom stereocenters. The summed E-state index contributed by atoms with van der Waals surface area (Å²) in [7, 11) is 0. The van der Waals surface area contributed by atoms with E-state index in [0.717, 1.165) is 18.4 Å². The molecule has 0 aromatic heterocycles. The standard InChI is InChI=1S/C20H20FN3O4/c21-15-4-1-13(2-5-15)19-12-23(9-10-28-19)20(25)14-3-8-17(22-16-6-7-16)18(11-14)24(26)27/h1-5,8,11,16,19,22H,6-7,9-10,12H2. The number of amides is 1. The lowest BCUT2D eigenvalue weighted by molar-refractivity contribution is -0.384.